The summed E-state index contributed by atoms with van der Waals surface area (Å²) in [5, 5.41) is 1.70. The molecule has 2 saturated heterocycles. The lowest BCUT2D eigenvalue weighted by molar-refractivity contribution is -0.126. The van der Waals surface area contributed by atoms with Crippen LogP contribution in [0.25, 0.3) is 0 Å². The fourth-order valence-corrected chi connectivity index (χ4v) is 4.36. The minimum atomic E-state index is -0.896. The van der Waals surface area contributed by atoms with Crippen molar-refractivity contribution in [1.82, 2.24) is 0 Å². The van der Waals surface area contributed by atoms with Gasteiger partial charge in [0.2, 0.25) is 5.91 Å². The molecule has 3 aromatic rings. The van der Waals surface area contributed by atoms with E-state index in [1.54, 1.807) is 23.3 Å². The van der Waals surface area contributed by atoms with Crippen LogP contribution in [0.4, 0.5) is 11.4 Å². The van der Waals surface area contributed by atoms with E-state index in [2.05, 4.69) is 0 Å². The van der Waals surface area contributed by atoms with E-state index in [0.29, 0.717) is 18.0 Å². The van der Waals surface area contributed by atoms with Crippen molar-refractivity contribution < 1.29 is 19.2 Å². The minimum absolute atomic E-state index is 0.283. The monoisotopic (exact) mass is 414 g/mol. The van der Waals surface area contributed by atoms with Gasteiger partial charge in [-0.2, -0.15) is 0 Å². The Morgan fingerprint density at radius 2 is 1.48 bits per heavy atom. The van der Waals surface area contributed by atoms with Gasteiger partial charge in [-0.05, 0) is 36.8 Å². The maximum atomic E-state index is 13.7. The number of para-hydroxylation sites is 3. The Hall–Kier alpha value is -3.64. The van der Waals surface area contributed by atoms with Gasteiger partial charge >= 0.3 is 0 Å². The fourth-order valence-electron chi connectivity index (χ4n) is 4.36. The summed E-state index contributed by atoms with van der Waals surface area (Å²) in [5.74, 6) is -0.816. The normalized spacial score (nSPS) is 22.7. The first-order valence-corrected chi connectivity index (χ1v) is 10.4. The molecule has 31 heavy (non-hydrogen) atoms. The van der Waals surface area contributed by atoms with Crippen molar-refractivity contribution in [3.8, 4) is 5.75 Å². The molecule has 0 N–H and O–H groups in total. The molecule has 3 atom stereocenters. The highest BCUT2D eigenvalue weighted by molar-refractivity contribution is 6.24. The van der Waals surface area contributed by atoms with Crippen molar-refractivity contribution in [2.45, 2.75) is 19.1 Å². The molecule has 0 aromatic heterocycles. The summed E-state index contributed by atoms with van der Waals surface area (Å²) in [6.07, 6.45) is -0.896. The van der Waals surface area contributed by atoms with Crippen LogP contribution in [-0.4, -0.2) is 24.5 Å². The number of benzene rings is 3. The number of hydrogen-bond donors (Lipinski definition) is 0. The Labute approximate surface area is 180 Å². The van der Waals surface area contributed by atoms with Gasteiger partial charge in [-0.1, -0.05) is 60.7 Å². The molecule has 2 aliphatic heterocycles. The second-order valence-corrected chi connectivity index (χ2v) is 7.48. The molecule has 156 valence electrons. The Balaban J connectivity index is 1.58. The lowest BCUT2D eigenvalue weighted by Crippen LogP contribution is -2.37. The van der Waals surface area contributed by atoms with Crippen LogP contribution in [-0.2, 0) is 14.4 Å². The molecule has 0 bridgehead atoms. The molecule has 0 radical (unpaired) electrons. The quantitative estimate of drug-likeness (QED) is 0.588. The van der Waals surface area contributed by atoms with Gasteiger partial charge in [0, 0.05) is 0 Å². The second-order valence-electron chi connectivity index (χ2n) is 7.48. The highest BCUT2D eigenvalue weighted by Crippen LogP contribution is 2.48. The Morgan fingerprint density at radius 1 is 0.839 bits per heavy atom. The first-order valence-electron chi connectivity index (χ1n) is 10.4. The SMILES string of the molecule is CCOc1ccccc1N1C(=O)[C@@H]2[C@@H](ON(c3ccccc3)[C@H]2c2ccccc2)C1=O. The van der Waals surface area contributed by atoms with Crippen LogP contribution in [0, 0.1) is 5.92 Å². The number of carbonyl (C=O) groups is 2. The molecule has 2 aliphatic rings. The molecule has 2 fully saturated rings. The van der Waals surface area contributed by atoms with Gasteiger partial charge in [-0.25, -0.2) is 9.96 Å². The number of rotatable bonds is 5. The molecule has 5 rings (SSSR count). The van der Waals surface area contributed by atoms with Gasteiger partial charge in [0.1, 0.15) is 11.7 Å². The number of hydroxylamine groups is 1. The summed E-state index contributed by atoms with van der Waals surface area (Å²) in [7, 11) is 0. The van der Waals surface area contributed by atoms with Crippen LogP contribution >= 0.6 is 0 Å². The van der Waals surface area contributed by atoms with Crippen LogP contribution < -0.4 is 14.7 Å². The van der Waals surface area contributed by atoms with E-state index in [9.17, 15) is 9.59 Å². The number of amides is 2. The summed E-state index contributed by atoms with van der Waals surface area (Å²) < 4.78 is 5.67. The standard InChI is InChI=1S/C25H22N2O4/c1-2-30-20-16-10-9-15-19(20)26-24(28)21-22(17-11-5-3-6-12-17)27(31-23(21)25(26)29)18-13-7-4-8-14-18/h3-16,21-23H,2H2,1H3/t21-,22-,23+/m0/s1. The third-order valence-electron chi connectivity index (χ3n) is 5.67. The number of nitrogens with zero attached hydrogens (tertiary/aromatic N) is 2. The van der Waals surface area contributed by atoms with Crippen LogP contribution in [0.2, 0.25) is 0 Å². The average molecular weight is 414 g/mol. The lowest BCUT2D eigenvalue weighted by Gasteiger charge is -2.29. The Bertz CT molecular complexity index is 1100. The van der Waals surface area contributed by atoms with Gasteiger partial charge in [-0.3, -0.25) is 14.4 Å². The van der Waals surface area contributed by atoms with Gasteiger partial charge in [0.05, 0.1) is 24.0 Å². The van der Waals surface area contributed by atoms with Crippen LogP contribution in [0.5, 0.6) is 5.75 Å². The van der Waals surface area contributed by atoms with Crippen molar-refractivity contribution >= 4 is 23.2 Å². The topological polar surface area (TPSA) is 59.1 Å². The van der Waals surface area contributed by atoms with E-state index in [-0.39, 0.29) is 11.8 Å². The summed E-state index contributed by atoms with van der Waals surface area (Å²) >= 11 is 0. The van der Waals surface area contributed by atoms with E-state index in [4.69, 9.17) is 9.57 Å². The highest BCUT2D eigenvalue weighted by Gasteiger charge is 2.60. The molecular weight excluding hydrogens is 392 g/mol. The fraction of sp³-hybridized carbons (Fsp3) is 0.200. The third kappa shape index (κ3) is 3.16. The number of hydrogen-bond acceptors (Lipinski definition) is 5. The molecule has 2 heterocycles. The number of carbonyl (C=O) groups excluding carboxylic acids is 2. The Kier molecular flexibility index (Phi) is 4.92. The van der Waals surface area contributed by atoms with E-state index in [1.165, 1.54) is 4.90 Å². The van der Waals surface area contributed by atoms with Gasteiger partial charge in [0.15, 0.2) is 6.10 Å². The molecule has 0 saturated carbocycles. The van der Waals surface area contributed by atoms with Crippen molar-refractivity contribution in [1.29, 1.82) is 0 Å². The number of anilines is 2. The zero-order valence-electron chi connectivity index (χ0n) is 17.0. The third-order valence-corrected chi connectivity index (χ3v) is 5.67. The smallest absolute Gasteiger partial charge is 0.266 e. The summed E-state index contributed by atoms with van der Waals surface area (Å²) in [6, 6.07) is 25.9. The van der Waals surface area contributed by atoms with Crippen LogP contribution in [0.3, 0.4) is 0 Å². The van der Waals surface area contributed by atoms with E-state index in [0.717, 1.165) is 11.3 Å². The molecule has 6 heteroatoms. The largest absolute Gasteiger partial charge is 0.492 e. The molecule has 3 aromatic carbocycles. The first kappa shape index (κ1) is 19.3. The van der Waals surface area contributed by atoms with Crippen LogP contribution in [0.1, 0.15) is 18.5 Å². The van der Waals surface area contributed by atoms with Crippen molar-refractivity contribution in [2.75, 3.05) is 16.6 Å². The van der Waals surface area contributed by atoms with Gasteiger partial charge in [0.25, 0.3) is 5.91 Å². The maximum absolute atomic E-state index is 13.7. The van der Waals surface area contributed by atoms with Crippen LogP contribution in [0.15, 0.2) is 84.9 Å². The predicted molar refractivity (Wildman–Crippen MR) is 117 cm³/mol. The minimum Gasteiger partial charge on any atom is -0.492 e. The summed E-state index contributed by atoms with van der Waals surface area (Å²) in [6.45, 7) is 2.30. The van der Waals surface area contributed by atoms with E-state index >= 15 is 0 Å². The maximum Gasteiger partial charge on any atom is 0.266 e. The van der Waals surface area contributed by atoms with E-state index in [1.807, 2.05) is 73.7 Å². The van der Waals surface area contributed by atoms with Gasteiger partial charge < -0.3 is 4.74 Å². The summed E-state index contributed by atoms with van der Waals surface area (Å²) in [4.78, 5) is 34.4. The van der Waals surface area contributed by atoms with E-state index < -0.39 is 18.1 Å². The first-order chi connectivity index (χ1) is 15.2. The zero-order valence-corrected chi connectivity index (χ0v) is 17.0. The average Bonchev–Trinajstić information content (AvgIpc) is 3.32. The molecular formula is C25H22N2O4. The van der Waals surface area contributed by atoms with Crippen molar-refractivity contribution in [3.63, 3.8) is 0 Å². The second kappa shape index (κ2) is 7.89. The lowest BCUT2D eigenvalue weighted by atomic mass is 9.90. The molecule has 6 nitrogen and oxygen atoms in total. The molecule has 0 spiro atoms. The molecule has 0 aliphatic carbocycles. The number of imide groups is 1. The van der Waals surface area contributed by atoms with Crippen molar-refractivity contribution in [2.24, 2.45) is 5.92 Å². The van der Waals surface area contributed by atoms with Gasteiger partial charge in [-0.15, -0.1) is 0 Å². The zero-order chi connectivity index (χ0) is 21.4. The number of ether oxygens (including phenoxy) is 1. The molecule has 0 unspecified atom stereocenters. The Morgan fingerprint density at radius 3 is 2.19 bits per heavy atom. The summed E-state index contributed by atoms with van der Waals surface area (Å²) in [5.41, 5.74) is 2.17. The number of fused-ring (bicyclic) bond motifs is 1. The van der Waals surface area contributed by atoms with Crippen molar-refractivity contribution in [3.05, 3.63) is 90.5 Å². The predicted octanol–water partition coefficient (Wildman–Crippen LogP) is 4.14. The molecule has 2 amide bonds. The highest BCUT2D eigenvalue weighted by atomic mass is 16.7.